The fourth-order valence-electron chi connectivity index (χ4n) is 0.958. The zero-order valence-electron chi connectivity index (χ0n) is 8.65. The van der Waals surface area contributed by atoms with Crippen LogP contribution in [0.3, 0.4) is 0 Å². The SMILES string of the molecule is CC#CCNC(=O)c1ccc(C(=O)O)cn1. The molecule has 0 aliphatic rings. The van der Waals surface area contributed by atoms with Gasteiger partial charge in [-0.15, -0.1) is 5.92 Å². The van der Waals surface area contributed by atoms with Gasteiger partial charge in [0.05, 0.1) is 12.1 Å². The Morgan fingerprint density at radius 1 is 1.50 bits per heavy atom. The van der Waals surface area contributed by atoms with Gasteiger partial charge in [-0.1, -0.05) is 5.92 Å². The monoisotopic (exact) mass is 218 g/mol. The molecule has 0 aliphatic carbocycles. The molecule has 0 spiro atoms. The number of pyridine rings is 1. The number of nitrogens with one attached hydrogen (secondary N) is 1. The van der Waals surface area contributed by atoms with Crippen LogP contribution in [0.15, 0.2) is 18.3 Å². The first-order valence-corrected chi connectivity index (χ1v) is 4.52. The van der Waals surface area contributed by atoms with Crippen molar-refractivity contribution < 1.29 is 14.7 Å². The van der Waals surface area contributed by atoms with Gasteiger partial charge in [0.1, 0.15) is 5.69 Å². The molecule has 0 saturated heterocycles. The Hall–Kier alpha value is -2.35. The van der Waals surface area contributed by atoms with E-state index in [2.05, 4.69) is 22.1 Å². The number of aromatic nitrogens is 1. The molecule has 1 heterocycles. The molecule has 5 nitrogen and oxygen atoms in total. The van der Waals surface area contributed by atoms with Gasteiger partial charge in [0, 0.05) is 6.20 Å². The molecule has 16 heavy (non-hydrogen) atoms. The lowest BCUT2D eigenvalue weighted by molar-refractivity contribution is 0.0695. The second kappa shape index (κ2) is 5.51. The molecule has 1 aromatic heterocycles. The van der Waals surface area contributed by atoms with E-state index in [1.165, 1.54) is 12.1 Å². The van der Waals surface area contributed by atoms with E-state index >= 15 is 0 Å². The summed E-state index contributed by atoms with van der Waals surface area (Å²) >= 11 is 0. The molecule has 1 rings (SSSR count). The van der Waals surface area contributed by atoms with E-state index in [4.69, 9.17) is 5.11 Å². The van der Waals surface area contributed by atoms with Gasteiger partial charge in [0.15, 0.2) is 0 Å². The molecule has 0 atom stereocenters. The van der Waals surface area contributed by atoms with Gasteiger partial charge in [-0.25, -0.2) is 4.79 Å². The van der Waals surface area contributed by atoms with Crippen molar-refractivity contribution in [3.05, 3.63) is 29.6 Å². The third-order valence-corrected chi connectivity index (χ3v) is 1.76. The maximum Gasteiger partial charge on any atom is 0.337 e. The van der Waals surface area contributed by atoms with E-state index in [1.807, 2.05) is 0 Å². The number of rotatable bonds is 3. The van der Waals surface area contributed by atoms with E-state index in [0.29, 0.717) is 0 Å². The highest BCUT2D eigenvalue weighted by atomic mass is 16.4. The second-order valence-corrected chi connectivity index (χ2v) is 2.85. The minimum absolute atomic E-state index is 0.0462. The van der Waals surface area contributed by atoms with Crippen LogP contribution in [-0.2, 0) is 0 Å². The number of carboxylic acid groups (broad SMARTS) is 1. The molecule has 0 unspecified atom stereocenters. The molecule has 0 bridgehead atoms. The highest BCUT2D eigenvalue weighted by Crippen LogP contribution is 1.99. The van der Waals surface area contributed by atoms with Crippen molar-refractivity contribution in [2.45, 2.75) is 6.92 Å². The van der Waals surface area contributed by atoms with Crippen molar-refractivity contribution >= 4 is 11.9 Å². The zero-order chi connectivity index (χ0) is 12.0. The van der Waals surface area contributed by atoms with Crippen LogP contribution in [0.25, 0.3) is 0 Å². The normalized spacial score (nSPS) is 8.81. The van der Waals surface area contributed by atoms with Gasteiger partial charge in [-0.3, -0.25) is 9.78 Å². The summed E-state index contributed by atoms with van der Waals surface area (Å²) in [4.78, 5) is 25.7. The Bertz CT molecular complexity index is 454. The molecular weight excluding hydrogens is 208 g/mol. The van der Waals surface area contributed by atoms with E-state index < -0.39 is 5.97 Å². The fraction of sp³-hybridized carbons (Fsp3) is 0.182. The molecule has 0 aliphatic heterocycles. The van der Waals surface area contributed by atoms with Crippen LogP contribution in [-0.4, -0.2) is 28.5 Å². The second-order valence-electron chi connectivity index (χ2n) is 2.85. The molecule has 0 fully saturated rings. The van der Waals surface area contributed by atoms with Crippen LogP contribution < -0.4 is 5.32 Å². The van der Waals surface area contributed by atoms with Crippen molar-refractivity contribution in [2.24, 2.45) is 0 Å². The molecule has 2 N–H and O–H groups in total. The van der Waals surface area contributed by atoms with Crippen LogP contribution in [0.4, 0.5) is 0 Å². The summed E-state index contributed by atoms with van der Waals surface area (Å²) in [7, 11) is 0. The Balaban J connectivity index is 2.69. The topological polar surface area (TPSA) is 79.3 Å². The Labute approximate surface area is 92.5 Å². The van der Waals surface area contributed by atoms with Crippen LogP contribution in [0.5, 0.6) is 0 Å². The van der Waals surface area contributed by atoms with Gasteiger partial charge in [0.25, 0.3) is 5.91 Å². The van der Waals surface area contributed by atoms with Crippen LogP contribution in [0.1, 0.15) is 27.8 Å². The number of carbonyl (C=O) groups is 2. The maximum absolute atomic E-state index is 11.4. The first kappa shape index (κ1) is 11.7. The first-order chi connectivity index (χ1) is 7.65. The summed E-state index contributed by atoms with van der Waals surface area (Å²) in [5.74, 6) is 3.86. The number of hydrogen-bond donors (Lipinski definition) is 2. The minimum atomic E-state index is -1.07. The smallest absolute Gasteiger partial charge is 0.337 e. The zero-order valence-corrected chi connectivity index (χ0v) is 8.65. The molecule has 0 radical (unpaired) electrons. The number of hydrogen-bond acceptors (Lipinski definition) is 3. The molecule has 1 amide bonds. The van der Waals surface area contributed by atoms with Crippen LogP contribution in [0, 0.1) is 11.8 Å². The molecule has 1 aromatic rings. The van der Waals surface area contributed by atoms with Crippen molar-refractivity contribution in [1.82, 2.24) is 10.3 Å². The van der Waals surface area contributed by atoms with Crippen molar-refractivity contribution in [3.63, 3.8) is 0 Å². The summed E-state index contributed by atoms with van der Waals surface area (Å²) in [6, 6.07) is 2.69. The van der Waals surface area contributed by atoms with Crippen molar-refractivity contribution in [2.75, 3.05) is 6.54 Å². The van der Waals surface area contributed by atoms with E-state index in [0.717, 1.165) is 6.20 Å². The molecule has 5 heteroatoms. The van der Waals surface area contributed by atoms with Gasteiger partial charge in [-0.05, 0) is 19.1 Å². The maximum atomic E-state index is 11.4. The van der Waals surface area contributed by atoms with Crippen LogP contribution >= 0.6 is 0 Å². The minimum Gasteiger partial charge on any atom is -0.478 e. The number of carboxylic acids is 1. The standard InChI is InChI=1S/C11H10N2O3/c1-2-3-6-12-10(14)9-5-4-8(7-13-9)11(15)16/h4-5,7H,6H2,1H3,(H,12,14)(H,15,16). The average Bonchev–Trinajstić information content (AvgIpc) is 2.29. The van der Waals surface area contributed by atoms with Gasteiger partial charge < -0.3 is 10.4 Å². The third-order valence-electron chi connectivity index (χ3n) is 1.76. The Morgan fingerprint density at radius 3 is 2.75 bits per heavy atom. The molecule has 0 saturated carbocycles. The number of aromatic carboxylic acids is 1. The lowest BCUT2D eigenvalue weighted by Crippen LogP contribution is -2.24. The summed E-state index contributed by atoms with van der Waals surface area (Å²) < 4.78 is 0. The Kier molecular flexibility index (Phi) is 4.04. The molecular formula is C11H10N2O3. The predicted octanol–water partition coefficient (Wildman–Crippen LogP) is 0.533. The van der Waals surface area contributed by atoms with Gasteiger partial charge in [0.2, 0.25) is 0 Å². The Morgan fingerprint density at radius 2 is 2.25 bits per heavy atom. The lowest BCUT2D eigenvalue weighted by atomic mass is 10.2. The van der Waals surface area contributed by atoms with Crippen molar-refractivity contribution in [3.8, 4) is 11.8 Å². The highest BCUT2D eigenvalue weighted by molar-refractivity contribution is 5.93. The quantitative estimate of drug-likeness (QED) is 0.725. The predicted molar refractivity (Wildman–Crippen MR) is 57.0 cm³/mol. The number of carbonyl (C=O) groups excluding carboxylic acids is 1. The molecule has 82 valence electrons. The van der Waals surface area contributed by atoms with Crippen molar-refractivity contribution in [1.29, 1.82) is 0 Å². The van der Waals surface area contributed by atoms with Crippen LogP contribution in [0.2, 0.25) is 0 Å². The average molecular weight is 218 g/mol. The highest BCUT2D eigenvalue weighted by Gasteiger charge is 2.07. The number of amides is 1. The summed E-state index contributed by atoms with van der Waals surface area (Å²) in [5.41, 5.74) is 0.216. The van der Waals surface area contributed by atoms with E-state index in [-0.39, 0.29) is 23.7 Å². The third kappa shape index (κ3) is 3.10. The van der Waals surface area contributed by atoms with Gasteiger partial charge >= 0.3 is 5.97 Å². The van der Waals surface area contributed by atoms with E-state index in [1.54, 1.807) is 6.92 Å². The number of nitrogens with zero attached hydrogens (tertiary/aromatic N) is 1. The summed E-state index contributed by atoms with van der Waals surface area (Å²) in [5, 5.41) is 11.2. The largest absolute Gasteiger partial charge is 0.478 e. The summed E-state index contributed by atoms with van der Waals surface area (Å²) in [6.45, 7) is 1.92. The fourth-order valence-corrected chi connectivity index (χ4v) is 0.958. The molecule has 0 aromatic carbocycles. The summed E-state index contributed by atoms with van der Waals surface area (Å²) in [6.07, 6.45) is 1.14. The van der Waals surface area contributed by atoms with E-state index in [9.17, 15) is 9.59 Å². The van der Waals surface area contributed by atoms with Gasteiger partial charge in [-0.2, -0.15) is 0 Å². The first-order valence-electron chi connectivity index (χ1n) is 4.52. The lowest BCUT2D eigenvalue weighted by Gasteiger charge is -2.00.